The lowest BCUT2D eigenvalue weighted by molar-refractivity contribution is 0.0981. The largest absolute Gasteiger partial charge is 0.508 e. The third-order valence-electron chi connectivity index (χ3n) is 6.64. The van der Waals surface area contributed by atoms with Gasteiger partial charge in [-0.2, -0.15) is 0 Å². The normalized spacial score (nSPS) is 15.3. The molecule has 2 heterocycles. The Kier molecular flexibility index (Phi) is 8.15. The molecule has 4 rings (SSSR count). The first-order valence-electron chi connectivity index (χ1n) is 12.9. The van der Waals surface area contributed by atoms with E-state index in [4.69, 9.17) is 9.72 Å². The number of benzene rings is 2. The second-order valence-corrected chi connectivity index (χ2v) is 12.7. The monoisotopic (exact) mass is 557 g/mol. The zero-order chi connectivity index (χ0) is 28.4. The Hall–Kier alpha value is -3.66. The number of phenolic OH excluding ortho intramolecular Hbond substituents is 1. The van der Waals surface area contributed by atoms with Crippen molar-refractivity contribution in [3.8, 4) is 22.8 Å². The lowest BCUT2D eigenvalue weighted by Crippen LogP contribution is -2.39. The molecule has 0 saturated carbocycles. The molecule has 0 bridgehead atoms. The molecule has 0 spiro atoms. The Morgan fingerprint density at radius 2 is 1.87 bits per heavy atom. The molecule has 8 nitrogen and oxygen atoms in total. The van der Waals surface area contributed by atoms with E-state index in [1.54, 1.807) is 12.1 Å². The second-order valence-electron chi connectivity index (χ2n) is 11.0. The van der Waals surface area contributed by atoms with Crippen molar-refractivity contribution < 1.29 is 28.9 Å². The predicted octanol–water partition coefficient (Wildman–Crippen LogP) is 5.62. The lowest BCUT2D eigenvalue weighted by Gasteiger charge is -2.38. The summed E-state index contributed by atoms with van der Waals surface area (Å²) in [6.07, 6.45) is 1.71. The standard InChI is InChI=1S/C29H34FN3O5S.H2/c1-19(2)18-38-23-15-20(14-21(30)16-23)26-9-8-25(27(31-26)33-12-10-29(3,4)11-13-33)28(35)32-39(36,37)24-7-5-6-22(34)17-24;/h5-9,14-17,19,34H,10-13,18H2,1-4H3,(H,32,35);1H. The van der Waals surface area contributed by atoms with Gasteiger partial charge in [-0.3, -0.25) is 4.79 Å². The van der Waals surface area contributed by atoms with Crippen LogP contribution in [0, 0.1) is 17.2 Å². The number of carbonyl (C=O) groups excluding carboxylic acids is 1. The minimum atomic E-state index is -4.26. The maximum Gasteiger partial charge on any atom is 0.268 e. The molecule has 2 N–H and O–H groups in total. The summed E-state index contributed by atoms with van der Waals surface area (Å²) in [5, 5.41) is 9.69. The SMILES string of the molecule is CC(C)COc1cc(F)cc(-c2ccc(C(=O)NS(=O)(=O)c3cccc(O)c3)c(N3CCC(C)(C)CC3)n2)c1.[HH]. The fraction of sp³-hybridized carbons (Fsp3) is 0.379. The van der Waals surface area contributed by atoms with E-state index < -0.39 is 21.7 Å². The van der Waals surface area contributed by atoms with Gasteiger partial charge in [0, 0.05) is 32.2 Å². The summed E-state index contributed by atoms with van der Waals surface area (Å²) in [7, 11) is -4.26. The number of aromatic hydroxyl groups is 1. The number of anilines is 1. The minimum absolute atomic E-state index is 0. The van der Waals surface area contributed by atoms with E-state index in [1.165, 1.54) is 36.4 Å². The molecule has 0 unspecified atom stereocenters. The van der Waals surface area contributed by atoms with Crippen LogP contribution in [-0.2, 0) is 10.0 Å². The van der Waals surface area contributed by atoms with Gasteiger partial charge in [-0.25, -0.2) is 22.5 Å². The topological polar surface area (TPSA) is 109 Å². The highest BCUT2D eigenvalue weighted by Gasteiger charge is 2.30. The van der Waals surface area contributed by atoms with E-state index in [0.717, 1.165) is 18.9 Å². The molecule has 39 heavy (non-hydrogen) atoms. The fourth-order valence-corrected chi connectivity index (χ4v) is 5.30. The Labute approximate surface area is 230 Å². The summed E-state index contributed by atoms with van der Waals surface area (Å²) in [5.41, 5.74) is 1.11. The predicted molar refractivity (Wildman–Crippen MR) is 150 cm³/mol. The van der Waals surface area contributed by atoms with Crippen LogP contribution >= 0.6 is 0 Å². The van der Waals surface area contributed by atoms with Gasteiger partial charge in [0.15, 0.2) is 0 Å². The molecule has 10 heteroatoms. The smallest absolute Gasteiger partial charge is 0.268 e. The molecule has 0 atom stereocenters. The van der Waals surface area contributed by atoms with Crippen LogP contribution in [-0.4, -0.2) is 44.1 Å². The molecule has 0 aliphatic carbocycles. The van der Waals surface area contributed by atoms with E-state index in [-0.39, 0.29) is 29.0 Å². The van der Waals surface area contributed by atoms with Crippen LogP contribution in [0.4, 0.5) is 10.2 Å². The molecule has 1 aliphatic heterocycles. The molecule has 1 fully saturated rings. The van der Waals surface area contributed by atoms with Crippen molar-refractivity contribution in [2.75, 3.05) is 24.6 Å². The summed E-state index contributed by atoms with van der Waals surface area (Å²) in [6.45, 7) is 10.0. The highest BCUT2D eigenvalue weighted by atomic mass is 32.2. The van der Waals surface area contributed by atoms with Crippen LogP contribution in [0.3, 0.4) is 0 Å². The summed E-state index contributed by atoms with van der Waals surface area (Å²) >= 11 is 0. The fourth-order valence-electron chi connectivity index (χ4n) is 4.29. The van der Waals surface area contributed by atoms with Crippen molar-refractivity contribution in [2.24, 2.45) is 11.3 Å². The van der Waals surface area contributed by atoms with E-state index in [0.29, 0.717) is 42.5 Å². The number of piperidine rings is 1. The summed E-state index contributed by atoms with van der Waals surface area (Å²) in [4.78, 5) is 19.8. The molecule has 1 saturated heterocycles. The van der Waals surface area contributed by atoms with Gasteiger partial charge in [-0.05, 0) is 60.6 Å². The van der Waals surface area contributed by atoms with Crippen LogP contribution in [0.1, 0.15) is 52.3 Å². The maximum atomic E-state index is 14.5. The molecule has 2 aromatic carbocycles. The van der Waals surface area contributed by atoms with Gasteiger partial charge in [0.05, 0.1) is 22.8 Å². The maximum absolute atomic E-state index is 14.5. The molecule has 3 aromatic rings. The van der Waals surface area contributed by atoms with E-state index in [9.17, 15) is 22.7 Å². The third kappa shape index (κ3) is 7.06. The van der Waals surface area contributed by atoms with Gasteiger partial charge in [0.25, 0.3) is 15.9 Å². The quantitative estimate of drug-likeness (QED) is 0.370. The molecule has 1 aliphatic rings. The molecule has 1 amide bonds. The number of aromatic nitrogens is 1. The number of pyridine rings is 1. The summed E-state index contributed by atoms with van der Waals surface area (Å²) < 4.78 is 48.1. The molecule has 210 valence electrons. The highest BCUT2D eigenvalue weighted by Crippen LogP contribution is 2.34. The van der Waals surface area contributed by atoms with Crippen LogP contribution in [0.5, 0.6) is 11.5 Å². The number of halogens is 1. The van der Waals surface area contributed by atoms with Crippen LogP contribution < -0.4 is 14.4 Å². The van der Waals surface area contributed by atoms with Crippen LogP contribution in [0.25, 0.3) is 11.3 Å². The summed E-state index contributed by atoms with van der Waals surface area (Å²) in [5.74, 6) is -0.606. The Balaban J connectivity index is 0.00000441. The first-order chi connectivity index (χ1) is 18.3. The van der Waals surface area contributed by atoms with Gasteiger partial charge < -0.3 is 14.7 Å². The Morgan fingerprint density at radius 1 is 1.15 bits per heavy atom. The van der Waals surface area contributed by atoms with Gasteiger partial charge in [0.2, 0.25) is 0 Å². The average Bonchev–Trinajstić information content (AvgIpc) is 2.86. The van der Waals surface area contributed by atoms with E-state index in [1.807, 2.05) is 18.7 Å². The van der Waals surface area contributed by atoms with Crippen LogP contribution in [0.15, 0.2) is 59.5 Å². The number of ether oxygens (including phenoxy) is 1. The number of rotatable bonds is 8. The van der Waals surface area contributed by atoms with Gasteiger partial charge in [0.1, 0.15) is 23.1 Å². The molecule has 0 radical (unpaired) electrons. The second kappa shape index (κ2) is 11.2. The Morgan fingerprint density at radius 3 is 2.54 bits per heavy atom. The van der Waals surface area contributed by atoms with E-state index in [2.05, 4.69) is 18.6 Å². The number of nitrogens with zero attached hydrogens (tertiary/aromatic N) is 2. The number of sulfonamides is 1. The number of amides is 1. The van der Waals surface area contributed by atoms with Gasteiger partial charge in [-0.15, -0.1) is 0 Å². The van der Waals surface area contributed by atoms with Crippen molar-refractivity contribution in [1.82, 2.24) is 9.71 Å². The van der Waals surface area contributed by atoms with Crippen LogP contribution in [0.2, 0.25) is 0 Å². The molecule has 1 aromatic heterocycles. The van der Waals surface area contributed by atoms with Crippen molar-refractivity contribution >= 4 is 21.7 Å². The van der Waals surface area contributed by atoms with Crippen molar-refractivity contribution in [3.05, 3.63) is 66.0 Å². The molecular weight excluding hydrogens is 521 g/mol. The number of hydrogen-bond acceptors (Lipinski definition) is 7. The lowest BCUT2D eigenvalue weighted by atomic mass is 9.82. The summed E-state index contributed by atoms with van der Waals surface area (Å²) in [6, 6.07) is 12.5. The number of nitrogens with one attached hydrogen (secondary N) is 1. The van der Waals surface area contributed by atoms with Gasteiger partial charge >= 0.3 is 0 Å². The third-order valence-corrected chi connectivity index (χ3v) is 7.97. The van der Waals surface area contributed by atoms with E-state index >= 15 is 0 Å². The number of carbonyl (C=O) groups is 1. The Bertz CT molecular complexity index is 1470. The zero-order valence-corrected chi connectivity index (χ0v) is 23.4. The zero-order valence-electron chi connectivity index (χ0n) is 22.6. The highest BCUT2D eigenvalue weighted by molar-refractivity contribution is 7.90. The van der Waals surface area contributed by atoms with Crippen molar-refractivity contribution in [1.29, 1.82) is 0 Å². The number of phenols is 1. The average molecular weight is 558 g/mol. The number of hydrogen-bond donors (Lipinski definition) is 2. The minimum Gasteiger partial charge on any atom is -0.508 e. The van der Waals surface area contributed by atoms with Crippen molar-refractivity contribution in [3.63, 3.8) is 0 Å². The van der Waals surface area contributed by atoms with Gasteiger partial charge in [-0.1, -0.05) is 33.8 Å². The first kappa shape index (κ1) is 28.4. The first-order valence-corrected chi connectivity index (χ1v) is 14.4. The van der Waals surface area contributed by atoms with Crippen molar-refractivity contribution in [2.45, 2.75) is 45.4 Å². The molecular formula is C29H36FN3O5S.